The van der Waals surface area contributed by atoms with Gasteiger partial charge in [0.2, 0.25) is 0 Å². The summed E-state index contributed by atoms with van der Waals surface area (Å²) in [6.07, 6.45) is 4.56. The van der Waals surface area contributed by atoms with Crippen molar-refractivity contribution in [3.8, 4) is 11.4 Å². The maximum Gasteiger partial charge on any atom is 0.190 e. The van der Waals surface area contributed by atoms with Crippen LogP contribution in [-0.2, 0) is 6.42 Å². The van der Waals surface area contributed by atoms with Crippen molar-refractivity contribution in [2.24, 2.45) is 10.9 Å². The zero-order valence-electron chi connectivity index (χ0n) is 12.9. The van der Waals surface area contributed by atoms with Crippen LogP contribution in [0, 0.1) is 0 Å². The number of oxime groups is 1. The quantitative estimate of drug-likeness (QED) is 0.289. The first kappa shape index (κ1) is 14.2. The lowest BCUT2D eigenvalue weighted by Crippen LogP contribution is -2.21. The van der Waals surface area contributed by atoms with Crippen LogP contribution in [0.4, 0.5) is 0 Å². The topological polar surface area (TPSA) is 110 Å². The summed E-state index contributed by atoms with van der Waals surface area (Å²) in [7, 11) is 1.62. The van der Waals surface area contributed by atoms with Crippen LogP contribution in [0.1, 0.15) is 17.0 Å². The van der Waals surface area contributed by atoms with Crippen molar-refractivity contribution in [1.29, 1.82) is 0 Å². The molecule has 0 atom stereocenters. The molecule has 4 rings (SSSR count). The number of methoxy groups -OCH3 is 1. The first-order chi connectivity index (χ1) is 11.7. The summed E-state index contributed by atoms with van der Waals surface area (Å²) in [6, 6.07) is 7.56. The van der Waals surface area contributed by atoms with E-state index in [2.05, 4.69) is 21.1 Å². The number of nitrogens with zero attached hydrogens (tertiary/aromatic N) is 3. The number of amidine groups is 1. The molecule has 1 aromatic heterocycles. The highest BCUT2D eigenvalue weighted by atomic mass is 16.5. The van der Waals surface area contributed by atoms with E-state index in [0.717, 1.165) is 34.0 Å². The van der Waals surface area contributed by atoms with E-state index in [1.54, 1.807) is 11.8 Å². The van der Waals surface area contributed by atoms with Gasteiger partial charge in [-0.3, -0.25) is 0 Å². The first-order valence-electron chi connectivity index (χ1n) is 7.39. The van der Waals surface area contributed by atoms with Gasteiger partial charge in [-0.25, -0.2) is 4.68 Å². The van der Waals surface area contributed by atoms with Gasteiger partial charge in [0.05, 0.1) is 24.2 Å². The Morgan fingerprint density at radius 1 is 1.38 bits per heavy atom. The molecule has 1 aliphatic carbocycles. The van der Waals surface area contributed by atoms with E-state index >= 15 is 0 Å². The molecule has 24 heavy (non-hydrogen) atoms. The molecule has 8 nitrogen and oxygen atoms in total. The maximum atomic E-state index is 9.07. The van der Waals surface area contributed by atoms with Crippen molar-refractivity contribution < 1.29 is 9.94 Å². The van der Waals surface area contributed by atoms with E-state index < -0.39 is 0 Å². The molecule has 2 aliphatic rings. The van der Waals surface area contributed by atoms with Crippen molar-refractivity contribution in [3.63, 3.8) is 0 Å². The second-order valence-corrected chi connectivity index (χ2v) is 5.42. The van der Waals surface area contributed by atoms with Crippen LogP contribution in [-0.4, -0.2) is 27.9 Å². The Morgan fingerprint density at radius 3 is 2.88 bits per heavy atom. The Hall–Kier alpha value is -3.42. The molecular weight excluding hydrogens is 308 g/mol. The van der Waals surface area contributed by atoms with Gasteiger partial charge in [0, 0.05) is 17.3 Å². The fourth-order valence-electron chi connectivity index (χ4n) is 2.98. The number of hydrogen-bond donors (Lipinski definition) is 4. The van der Waals surface area contributed by atoms with Crippen LogP contribution in [0.15, 0.2) is 47.4 Å². The fraction of sp³-hybridized carbons (Fsp3) is 0.125. The molecule has 0 amide bonds. The predicted molar refractivity (Wildman–Crippen MR) is 88.7 cm³/mol. The number of hydrogen-bond acceptors (Lipinski definition) is 6. The smallest absolute Gasteiger partial charge is 0.190 e. The van der Waals surface area contributed by atoms with E-state index in [4.69, 9.17) is 15.7 Å². The van der Waals surface area contributed by atoms with E-state index in [-0.39, 0.29) is 5.84 Å². The van der Waals surface area contributed by atoms with E-state index in [1.165, 1.54) is 0 Å². The van der Waals surface area contributed by atoms with Crippen molar-refractivity contribution in [2.75, 3.05) is 7.11 Å². The van der Waals surface area contributed by atoms with Gasteiger partial charge in [0.15, 0.2) is 5.84 Å². The minimum Gasteiger partial charge on any atom is -0.497 e. The Bertz CT molecular complexity index is 892. The zero-order valence-corrected chi connectivity index (χ0v) is 12.9. The number of ether oxygens (including phenoxy) is 1. The second-order valence-electron chi connectivity index (χ2n) is 5.42. The minimum atomic E-state index is -0.00474. The Kier molecular flexibility index (Phi) is 3.16. The van der Waals surface area contributed by atoms with Crippen LogP contribution in [0.5, 0.6) is 5.75 Å². The minimum absolute atomic E-state index is 0.00474. The lowest BCUT2D eigenvalue weighted by Gasteiger charge is -2.15. The summed E-state index contributed by atoms with van der Waals surface area (Å²) in [5.41, 5.74) is 17.1. The number of allylic oxidation sites excluding steroid dienone is 2. The molecule has 1 aliphatic heterocycles. The van der Waals surface area contributed by atoms with Gasteiger partial charge in [0.25, 0.3) is 0 Å². The molecule has 0 spiro atoms. The molecule has 2 aromatic rings. The zero-order chi connectivity index (χ0) is 16.7. The second kappa shape index (κ2) is 5.34. The third-order valence-electron chi connectivity index (χ3n) is 4.13. The normalized spacial score (nSPS) is 15.6. The van der Waals surface area contributed by atoms with Crippen molar-refractivity contribution in [2.45, 2.75) is 6.42 Å². The van der Waals surface area contributed by atoms with Gasteiger partial charge in [-0.2, -0.15) is 5.10 Å². The number of benzene rings is 1. The lowest BCUT2D eigenvalue weighted by atomic mass is 9.95. The van der Waals surface area contributed by atoms with E-state index in [1.807, 2.05) is 36.5 Å². The molecule has 0 fully saturated rings. The molecule has 8 heteroatoms. The van der Waals surface area contributed by atoms with Gasteiger partial charge in [-0.1, -0.05) is 11.2 Å². The third kappa shape index (κ3) is 2.00. The Morgan fingerprint density at radius 2 is 2.17 bits per heavy atom. The van der Waals surface area contributed by atoms with Gasteiger partial charge in [-0.05, 0) is 30.7 Å². The van der Waals surface area contributed by atoms with Crippen LogP contribution < -0.4 is 21.3 Å². The standard InChI is InChI=1S/C16H16N6O2/c1-24-10-4-2-9(3-5-10)22-15-11(14(20-22)16(17)21-23)6-7-13-12(15)8-18-19-13/h2-5,7-8,18-19,23H,6H2,1H3,(H2,17,21). The average molecular weight is 324 g/mol. The molecule has 2 heterocycles. The SMILES string of the molecule is COc1ccc(-n2nc(/C(N)=N/O)c3c2C2=CNNC2=CC3)cc1. The molecule has 5 N–H and O–H groups in total. The molecular formula is C16H16N6O2. The largest absolute Gasteiger partial charge is 0.497 e. The lowest BCUT2D eigenvalue weighted by molar-refractivity contribution is 0.318. The molecule has 0 saturated heterocycles. The highest BCUT2D eigenvalue weighted by Gasteiger charge is 2.29. The van der Waals surface area contributed by atoms with E-state index in [9.17, 15) is 0 Å². The molecule has 0 unspecified atom stereocenters. The Balaban J connectivity index is 1.93. The van der Waals surface area contributed by atoms with Gasteiger partial charge < -0.3 is 26.5 Å². The number of nitrogens with one attached hydrogen (secondary N) is 2. The Labute approximate surface area is 137 Å². The number of nitrogens with two attached hydrogens (primary N) is 1. The van der Waals surface area contributed by atoms with Gasteiger partial charge in [0.1, 0.15) is 11.4 Å². The average Bonchev–Trinajstić information content (AvgIpc) is 3.25. The monoisotopic (exact) mass is 324 g/mol. The summed E-state index contributed by atoms with van der Waals surface area (Å²) < 4.78 is 7.01. The number of aromatic nitrogens is 2. The predicted octanol–water partition coefficient (Wildman–Crippen LogP) is 0.864. The number of fused-ring (bicyclic) bond motifs is 3. The summed E-state index contributed by atoms with van der Waals surface area (Å²) in [6.45, 7) is 0. The van der Waals surface area contributed by atoms with Crippen molar-refractivity contribution in [1.82, 2.24) is 20.6 Å². The third-order valence-corrected chi connectivity index (χ3v) is 4.13. The van der Waals surface area contributed by atoms with Crippen LogP contribution in [0.25, 0.3) is 11.3 Å². The van der Waals surface area contributed by atoms with Gasteiger partial charge in [-0.15, -0.1) is 0 Å². The summed E-state index contributed by atoms with van der Waals surface area (Å²) >= 11 is 0. The summed E-state index contributed by atoms with van der Waals surface area (Å²) in [5, 5.41) is 16.8. The summed E-state index contributed by atoms with van der Waals surface area (Å²) in [4.78, 5) is 0. The molecule has 1 aromatic carbocycles. The molecule has 0 radical (unpaired) electrons. The molecule has 0 saturated carbocycles. The maximum absolute atomic E-state index is 9.07. The van der Waals surface area contributed by atoms with E-state index in [0.29, 0.717) is 12.1 Å². The highest BCUT2D eigenvalue weighted by molar-refractivity contribution is 5.99. The van der Waals surface area contributed by atoms with Crippen LogP contribution in [0.2, 0.25) is 0 Å². The molecule has 0 bridgehead atoms. The molecule has 122 valence electrons. The van der Waals surface area contributed by atoms with Crippen molar-refractivity contribution in [3.05, 3.63) is 59.2 Å². The van der Waals surface area contributed by atoms with Crippen LogP contribution in [0.3, 0.4) is 0 Å². The van der Waals surface area contributed by atoms with Gasteiger partial charge >= 0.3 is 0 Å². The van der Waals surface area contributed by atoms with Crippen molar-refractivity contribution >= 4 is 11.4 Å². The number of rotatable bonds is 3. The number of hydrazine groups is 1. The highest BCUT2D eigenvalue weighted by Crippen LogP contribution is 2.35. The fourth-order valence-corrected chi connectivity index (χ4v) is 2.98. The van der Waals surface area contributed by atoms with Crippen LogP contribution >= 0.6 is 0 Å². The summed E-state index contributed by atoms with van der Waals surface area (Å²) in [5.74, 6) is 0.760. The first-order valence-corrected chi connectivity index (χ1v) is 7.39.